The first kappa shape index (κ1) is 20.5. The molecule has 3 rings (SSSR count). The molecule has 1 aliphatic heterocycles. The van der Waals surface area contributed by atoms with Gasteiger partial charge in [-0.25, -0.2) is 0 Å². The second-order valence-electron chi connectivity index (χ2n) is 6.73. The molecule has 1 aliphatic rings. The fraction of sp³-hybridized carbons (Fsp3) is 0.273. The lowest BCUT2D eigenvalue weighted by Gasteiger charge is -2.31. The van der Waals surface area contributed by atoms with E-state index in [9.17, 15) is 18.4 Å². The Bertz CT molecular complexity index is 871. The largest absolute Gasteiger partial charge is 0.434 e. The van der Waals surface area contributed by atoms with Crippen LogP contribution in [0.5, 0.6) is 5.75 Å². The first-order chi connectivity index (χ1) is 14.0. The van der Waals surface area contributed by atoms with Crippen LogP contribution in [0.25, 0.3) is 6.08 Å². The van der Waals surface area contributed by atoms with Gasteiger partial charge in [-0.15, -0.1) is 0 Å². The van der Waals surface area contributed by atoms with Gasteiger partial charge in [0.15, 0.2) is 0 Å². The average molecular weight is 400 g/mol. The molecule has 2 aromatic carbocycles. The lowest BCUT2D eigenvalue weighted by molar-refractivity contribution is -0.130. The number of ether oxygens (including phenoxy) is 1. The molecule has 7 heteroatoms. The van der Waals surface area contributed by atoms with Gasteiger partial charge >= 0.3 is 6.61 Å². The number of likely N-dealkylation sites (tertiary alicyclic amines) is 1. The highest BCUT2D eigenvalue weighted by molar-refractivity contribution is 5.95. The lowest BCUT2D eigenvalue weighted by atomic mass is 9.97. The summed E-state index contributed by atoms with van der Waals surface area (Å²) in [6.07, 6.45) is 4.20. The Hall–Kier alpha value is -3.22. The number of alkyl halides is 2. The summed E-state index contributed by atoms with van der Waals surface area (Å²) in [6.45, 7) is -2.07. The quantitative estimate of drug-likeness (QED) is 0.740. The van der Waals surface area contributed by atoms with Crippen LogP contribution >= 0.6 is 0 Å². The number of carbonyl (C=O) groups excluding carboxylic acids is 2. The zero-order chi connectivity index (χ0) is 20.6. The van der Waals surface area contributed by atoms with Gasteiger partial charge in [0.2, 0.25) is 11.8 Å². The third-order valence-electron chi connectivity index (χ3n) is 4.69. The maximum atomic E-state index is 12.5. The normalized spacial score (nSPS) is 16.8. The maximum Gasteiger partial charge on any atom is 0.387 e. The van der Waals surface area contributed by atoms with Gasteiger partial charge in [-0.2, -0.15) is 8.78 Å². The number of piperidine rings is 1. The number of carbonyl (C=O) groups is 2. The fourth-order valence-corrected chi connectivity index (χ4v) is 3.25. The molecule has 152 valence electrons. The Morgan fingerprint density at radius 3 is 2.59 bits per heavy atom. The van der Waals surface area contributed by atoms with E-state index in [1.54, 1.807) is 23.1 Å². The van der Waals surface area contributed by atoms with Crippen LogP contribution in [0.15, 0.2) is 60.7 Å². The smallest absolute Gasteiger partial charge is 0.387 e. The summed E-state index contributed by atoms with van der Waals surface area (Å²) in [5.41, 5.74) is 1.10. The van der Waals surface area contributed by atoms with Gasteiger partial charge < -0.3 is 15.0 Å². The van der Waals surface area contributed by atoms with E-state index in [4.69, 9.17) is 0 Å². The predicted octanol–water partition coefficient (Wildman–Crippen LogP) is 4.18. The summed E-state index contributed by atoms with van der Waals surface area (Å²) >= 11 is 0. The Labute approximate surface area is 168 Å². The van der Waals surface area contributed by atoms with E-state index in [-0.39, 0.29) is 23.5 Å². The van der Waals surface area contributed by atoms with E-state index in [1.165, 1.54) is 18.2 Å². The molecule has 0 bridgehead atoms. The molecule has 29 heavy (non-hydrogen) atoms. The van der Waals surface area contributed by atoms with E-state index >= 15 is 0 Å². The van der Waals surface area contributed by atoms with E-state index in [0.717, 1.165) is 12.1 Å². The minimum Gasteiger partial charge on any atom is -0.434 e. The summed E-state index contributed by atoms with van der Waals surface area (Å²) in [5.74, 6) is -0.677. The summed E-state index contributed by atoms with van der Waals surface area (Å²) in [5, 5.41) is 2.87. The van der Waals surface area contributed by atoms with Crippen molar-refractivity contribution >= 4 is 23.6 Å². The van der Waals surface area contributed by atoms with Crippen LogP contribution in [0.1, 0.15) is 18.4 Å². The molecule has 2 aromatic rings. The van der Waals surface area contributed by atoms with E-state index in [0.29, 0.717) is 25.1 Å². The summed E-state index contributed by atoms with van der Waals surface area (Å²) in [6, 6.07) is 15.4. The molecule has 0 aromatic heterocycles. The summed E-state index contributed by atoms with van der Waals surface area (Å²) in [7, 11) is 0. The second-order valence-corrected chi connectivity index (χ2v) is 6.73. The van der Waals surface area contributed by atoms with Crippen LogP contribution in [0.2, 0.25) is 0 Å². The van der Waals surface area contributed by atoms with Crippen molar-refractivity contribution in [3.63, 3.8) is 0 Å². The third-order valence-corrected chi connectivity index (χ3v) is 4.69. The van der Waals surface area contributed by atoms with Gasteiger partial charge in [-0.3, -0.25) is 9.59 Å². The predicted molar refractivity (Wildman–Crippen MR) is 106 cm³/mol. The van der Waals surface area contributed by atoms with E-state index in [2.05, 4.69) is 10.1 Å². The van der Waals surface area contributed by atoms with Gasteiger partial charge in [-0.1, -0.05) is 36.4 Å². The number of benzene rings is 2. The van der Waals surface area contributed by atoms with Gasteiger partial charge in [0.05, 0.1) is 5.92 Å². The number of hydrogen-bond donors (Lipinski definition) is 1. The van der Waals surface area contributed by atoms with Crippen molar-refractivity contribution in [3.05, 3.63) is 66.2 Å². The van der Waals surface area contributed by atoms with Gasteiger partial charge in [-0.05, 0) is 37.1 Å². The van der Waals surface area contributed by atoms with Gasteiger partial charge in [0.25, 0.3) is 0 Å². The van der Waals surface area contributed by atoms with Crippen molar-refractivity contribution in [2.75, 3.05) is 18.4 Å². The van der Waals surface area contributed by atoms with Crippen molar-refractivity contribution in [2.45, 2.75) is 19.5 Å². The number of halogens is 2. The molecule has 0 radical (unpaired) electrons. The zero-order valence-electron chi connectivity index (χ0n) is 15.8. The fourth-order valence-electron chi connectivity index (χ4n) is 3.25. The number of para-hydroxylation sites is 2. The van der Waals surface area contributed by atoms with Crippen molar-refractivity contribution in [1.82, 2.24) is 4.90 Å². The molecular weight excluding hydrogens is 378 g/mol. The Balaban J connectivity index is 1.61. The van der Waals surface area contributed by atoms with Crippen molar-refractivity contribution < 1.29 is 23.1 Å². The standard InChI is InChI=1S/C22H22F2N2O3/c23-22(24)29-19-11-5-4-7-16(19)12-13-20(27)26-14-6-8-17(15-26)21(28)25-18-9-2-1-3-10-18/h1-5,7,9-13,17,22H,6,8,14-15H2,(H,25,28)/b13-12+. The number of nitrogens with one attached hydrogen (secondary N) is 1. The van der Waals surface area contributed by atoms with Gasteiger partial charge in [0, 0.05) is 30.4 Å². The molecule has 1 atom stereocenters. The molecule has 1 saturated heterocycles. The second kappa shape index (κ2) is 9.82. The Morgan fingerprint density at radius 2 is 1.83 bits per heavy atom. The number of rotatable bonds is 6. The number of amides is 2. The SMILES string of the molecule is O=C(Nc1ccccc1)C1CCCN(C(=O)/C=C/c2ccccc2OC(F)F)C1. The first-order valence-electron chi connectivity index (χ1n) is 9.39. The van der Waals surface area contributed by atoms with E-state index < -0.39 is 6.61 Å². The molecule has 1 fully saturated rings. The molecule has 2 amide bonds. The molecule has 0 saturated carbocycles. The van der Waals surface area contributed by atoms with Crippen LogP contribution in [0.4, 0.5) is 14.5 Å². The van der Waals surface area contributed by atoms with Crippen LogP contribution in [-0.2, 0) is 9.59 Å². The van der Waals surface area contributed by atoms with E-state index in [1.807, 2.05) is 30.3 Å². The van der Waals surface area contributed by atoms with Crippen molar-refractivity contribution in [2.24, 2.45) is 5.92 Å². The molecule has 0 spiro atoms. The number of anilines is 1. The molecule has 5 nitrogen and oxygen atoms in total. The number of hydrogen-bond acceptors (Lipinski definition) is 3. The van der Waals surface area contributed by atoms with Gasteiger partial charge in [0.1, 0.15) is 5.75 Å². The Morgan fingerprint density at radius 1 is 1.10 bits per heavy atom. The minimum atomic E-state index is -2.94. The first-order valence-corrected chi connectivity index (χ1v) is 9.39. The Kier molecular flexibility index (Phi) is 6.94. The molecule has 1 heterocycles. The van der Waals surface area contributed by atoms with Crippen molar-refractivity contribution in [1.29, 1.82) is 0 Å². The van der Waals surface area contributed by atoms with Crippen LogP contribution in [-0.4, -0.2) is 36.4 Å². The molecular formula is C22H22F2N2O3. The zero-order valence-corrected chi connectivity index (χ0v) is 15.8. The minimum absolute atomic E-state index is 0.00492. The highest BCUT2D eigenvalue weighted by Crippen LogP contribution is 2.23. The maximum absolute atomic E-state index is 12.5. The molecule has 1 N–H and O–H groups in total. The highest BCUT2D eigenvalue weighted by Gasteiger charge is 2.27. The lowest BCUT2D eigenvalue weighted by Crippen LogP contribution is -2.43. The third kappa shape index (κ3) is 5.88. The molecule has 1 unspecified atom stereocenters. The number of nitrogens with zero attached hydrogens (tertiary/aromatic N) is 1. The van der Waals surface area contributed by atoms with Crippen LogP contribution in [0, 0.1) is 5.92 Å². The monoisotopic (exact) mass is 400 g/mol. The van der Waals surface area contributed by atoms with Crippen LogP contribution < -0.4 is 10.1 Å². The summed E-state index contributed by atoms with van der Waals surface area (Å²) < 4.78 is 29.5. The van der Waals surface area contributed by atoms with Crippen LogP contribution in [0.3, 0.4) is 0 Å². The average Bonchev–Trinajstić information content (AvgIpc) is 2.73. The topological polar surface area (TPSA) is 58.6 Å². The van der Waals surface area contributed by atoms with Crippen molar-refractivity contribution in [3.8, 4) is 5.75 Å². The summed E-state index contributed by atoms with van der Waals surface area (Å²) in [4.78, 5) is 26.7. The molecule has 0 aliphatic carbocycles. The highest BCUT2D eigenvalue weighted by atomic mass is 19.3.